The third kappa shape index (κ3) is 3.61. The zero-order chi connectivity index (χ0) is 21.3. The standard InChI is InChI=1S/C24H26N2O4/c1-3-19-23(17-6-9-20-21(14-17)30-13-12-29-20)22(24(25)28)15(2)26(19)11-10-16-4-7-18(27)8-5-16/h4-9,14,27H,3,10-13H2,1-2H3,(H2,25,28). The van der Waals surface area contributed by atoms with E-state index in [2.05, 4.69) is 11.5 Å². The quantitative estimate of drug-likeness (QED) is 0.651. The number of fused-ring (bicyclic) bond motifs is 1. The summed E-state index contributed by atoms with van der Waals surface area (Å²) in [6.45, 7) is 5.78. The molecule has 3 aromatic rings. The molecule has 0 saturated heterocycles. The smallest absolute Gasteiger partial charge is 0.251 e. The van der Waals surface area contributed by atoms with E-state index in [0.717, 1.165) is 40.9 Å². The molecule has 0 saturated carbocycles. The molecule has 0 spiro atoms. The Hall–Kier alpha value is -3.41. The van der Waals surface area contributed by atoms with Crippen molar-refractivity contribution in [3.8, 4) is 28.4 Å². The van der Waals surface area contributed by atoms with Crippen molar-refractivity contribution in [2.75, 3.05) is 13.2 Å². The van der Waals surface area contributed by atoms with E-state index in [1.165, 1.54) is 0 Å². The number of carbonyl (C=O) groups is 1. The first kappa shape index (κ1) is 19.9. The van der Waals surface area contributed by atoms with Crippen LogP contribution in [0.2, 0.25) is 0 Å². The number of ether oxygens (including phenoxy) is 2. The predicted molar refractivity (Wildman–Crippen MR) is 115 cm³/mol. The van der Waals surface area contributed by atoms with Crippen LogP contribution in [-0.2, 0) is 19.4 Å². The van der Waals surface area contributed by atoms with Gasteiger partial charge in [-0.15, -0.1) is 0 Å². The zero-order valence-corrected chi connectivity index (χ0v) is 17.3. The highest BCUT2D eigenvalue weighted by molar-refractivity contribution is 6.02. The number of hydrogen-bond acceptors (Lipinski definition) is 4. The van der Waals surface area contributed by atoms with Crippen molar-refractivity contribution in [2.45, 2.75) is 33.2 Å². The van der Waals surface area contributed by atoms with Crippen molar-refractivity contribution < 1.29 is 19.4 Å². The molecule has 1 aliphatic rings. The molecule has 0 atom stereocenters. The fourth-order valence-corrected chi connectivity index (χ4v) is 4.18. The van der Waals surface area contributed by atoms with Gasteiger partial charge >= 0.3 is 0 Å². The van der Waals surface area contributed by atoms with E-state index in [9.17, 15) is 9.90 Å². The van der Waals surface area contributed by atoms with Gasteiger partial charge in [0.1, 0.15) is 19.0 Å². The van der Waals surface area contributed by atoms with Crippen LogP contribution in [0.5, 0.6) is 17.2 Å². The van der Waals surface area contributed by atoms with Crippen molar-refractivity contribution in [3.63, 3.8) is 0 Å². The minimum Gasteiger partial charge on any atom is -0.508 e. The lowest BCUT2D eigenvalue weighted by atomic mass is 9.98. The number of benzene rings is 2. The number of nitrogens with two attached hydrogens (primary N) is 1. The normalized spacial score (nSPS) is 12.7. The number of phenolic OH excluding ortho intramolecular Hbond substituents is 1. The molecule has 1 amide bonds. The first-order chi connectivity index (χ1) is 14.5. The van der Waals surface area contributed by atoms with Crippen LogP contribution in [-0.4, -0.2) is 28.8 Å². The van der Waals surface area contributed by atoms with Gasteiger partial charge in [0.05, 0.1) is 5.56 Å². The topological polar surface area (TPSA) is 86.7 Å². The maximum Gasteiger partial charge on any atom is 0.251 e. The van der Waals surface area contributed by atoms with E-state index in [4.69, 9.17) is 15.2 Å². The number of aryl methyl sites for hydroxylation is 1. The average Bonchev–Trinajstić information content (AvgIpc) is 3.04. The number of carbonyl (C=O) groups excluding carboxylic acids is 1. The summed E-state index contributed by atoms with van der Waals surface area (Å²) in [5, 5.41) is 9.50. The van der Waals surface area contributed by atoms with Gasteiger partial charge in [0.25, 0.3) is 5.91 Å². The summed E-state index contributed by atoms with van der Waals surface area (Å²) in [4.78, 5) is 12.4. The van der Waals surface area contributed by atoms with Crippen LogP contribution in [0.25, 0.3) is 11.1 Å². The Balaban J connectivity index is 1.77. The number of aromatic hydroxyl groups is 1. The van der Waals surface area contributed by atoms with Gasteiger partial charge in [-0.25, -0.2) is 0 Å². The second-order valence-corrected chi connectivity index (χ2v) is 7.43. The first-order valence-electron chi connectivity index (χ1n) is 10.2. The highest BCUT2D eigenvalue weighted by atomic mass is 16.6. The summed E-state index contributed by atoms with van der Waals surface area (Å²) in [7, 11) is 0. The van der Waals surface area contributed by atoms with Gasteiger partial charge < -0.3 is 24.9 Å². The molecule has 1 aromatic heterocycles. The van der Waals surface area contributed by atoms with Crippen LogP contribution in [0.3, 0.4) is 0 Å². The molecule has 156 valence electrons. The van der Waals surface area contributed by atoms with E-state index in [1.807, 2.05) is 37.3 Å². The molecule has 6 nitrogen and oxygen atoms in total. The molecule has 2 aromatic carbocycles. The van der Waals surface area contributed by atoms with Gasteiger partial charge in [0, 0.05) is 23.5 Å². The van der Waals surface area contributed by atoms with E-state index in [0.29, 0.717) is 36.8 Å². The molecule has 2 heterocycles. The Morgan fingerprint density at radius 3 is 2.47 bits per heavy atom. The number of nitrogens with zero attached hydrogens (tertiary/aromatic N) is 1. The van der Waals surface area contributed by atoms with Gasteiger partial charge in [-0.2, -0.15) is 0 Å². The molecular formula is C24H26N2O4. The summed E-state index contributed by atoms with van der Waals surface area (Å²) in [6.07, 6.45) is 1.54. The number of rotatable bonds is 6. The van der Waals surface area contributed by atoms with Crippen molar-refractivity contribution in [3.05, 3.63) is 65.0 Å². The molecule has 3 N–H and O–H groups in total. The summed E-state index contributed by atoms with van der Waals surface area (Å²) in [5.74, 6) is 1.22. The number of primary amides is 1. The van der Waals surface area contributed by atoms with Crippen LogP contribution in [0, 0.1) is 6.92 Å². The zero-order valence-electron chi connectivity index (χ0n) is 17.3. The molecule has 30 heavy (non-hydrogen) atoms. The Kier molecular flexibility index (Phi) is 5.40. The summed E-state index contributed by atoms with van der Waals surface area (Å²) in [5.41, 5.74) is 11.2. The van der Waals surface area contributed by atoms with E-state index < -0.39 is 5.91 Å². The monoisotopic (exact) mass is 406 g/mol. The molecule has 0 aliphatic carbocycles. The third-order valence-corrected chi connectivity index (χ3v) is 5.60. The second-order valence-electron chi connectivity index (χ2n) is 7.43. The van der Waals surface area contributed by atoms with Gasteiger partial charge in [-0.3, -0.25) is 4.79 Å². The molecule has 0 unspecified atom stereocenters. The van der Waals surface area contributed by atoms with Crippen molar-refractivity contribution in [1.29, 1.82) is 0 Å². The first-order valence-corrected chi connectivity index (χ1v) is 10.2. The lowest BCUT2D eigenvalue weighted by Crippen LogP contribution is -2.15. The molecular weight excluding hydrogens is 380 g/mol. The van der Waals surface area contributed by atoms with Gasteiger partial charge in [0.15, 0.2) is 11.5 Å². The third-order valence-electron chi connectivity index (χ3n) is 5.60. The molecule has 4 rings (SSSR count). The van der Waals surface area contributed by atoms with Gasteiger partial charge in [0.2, 0.25) is 0 Å². The van der Waals surface area contributed by atoms with Crippen LogP contribution >= 0.6 is 0 Å². The highest BCUT2D eigenvalue weighted by Gasteiger charge is 2.25. The van der Waals surface area contributed by atoms with Crippen LogP contribution in [0.15, 0.2) is 42.5 Å². The molecule has 1 aliphatic heterocycles. The van der Waals surface area contributed by atoms with Crippen LogP contribution in [0.1, 0.15) is 34.2 Å². The number of phenols is 1. The van der Waals surface area contributed by atoms with E-state index in [-0.39, 0.29) is 5.75 Å². The number of hydrogen-bond donors (Lipinski definition) is 2. The molecule has 0 bridgehead atoms. The maximum absolute atomic E-state index is 12.4. The Morgan fingerprint density at radius 1 is 1.10 bits per heavy atom. The van der Waals surface area contributed by atoms with Crippen LogP contribution < -0.4 is 15.2 Å². The predicted octanol–water partition coefficient (Wildman–Crippen LogP) is 3.84. The van der Waals surface area contributed by atoms with Crippen molar-refractivity contribution >= 4 is 5.91 Å². The lowest BCUT2D eigenvalue weighted by Gasteiger charge is -2.19. The van der Waals surface area contributed by atoms with Gasteiger partial charge in [-0.05, 0) is 55.2 Å². The van der Waals surface area contributed by atoms with Crippen LogP contribution in [0.4, 0.5) is 0 Å². The summed E-state index contributed by atoms with van der Waals surface area (Å²) >= 11 is 0. The summed E-state index contributed by atoms with van der Waals surface area (Å²) in [6, 6.07) is 13.0. The Labute approximate surface area is 175 Å². The Bertz CT molecular complexity index is 1080. The minimum absolute atomic E-state index is 0.252. The lowest BCUT2D eigenvalue weighted by molar-refractivity contribution is 0.1000. The average molecular weight is 406 g/mol. The Morgan fingerprint density at radius 2 is 1.80 bits per heavy atom. The molecule has 6 heteroatoms. The maximum atomic E-state index is 12.4. The SMILES string of the molecule is CCc1c(-c2ccc3c(c2)OCCO3)c(C(N)=O)c(C)n1CCc1ccc(O)cc1. The van der Waals surface area contributed by atoms with E-state index >= 15 is 0 Å². The second kappa shape index (κ2) is 8.14. The number of amides is 1. The van der Waals surface area contributed by atoms with Crippen molar-refractivity contribution in [2.24, 2.45) is 5.73 Å². The molecule has 0 radical (unpaired) electrons. The van der Waals surface area contributed by atoms with Crippen molar-refractivity contribution in [1.82, 2.24) is 4.57 Å². The van der Waals surface area contributed by atoms with E-state index in [1.54, 1.807) is 12.1 Å². The highest BCUT2D eigenvalue weighted by Crippen LogP contribution is 2.39. The van der Waals surface area contributed by atoms with Gasteiger partial charge in [-0.1, -0.05) is 25.1 Å². The molecule has 0 fully saturated rings. The summed E-state index contributed by atoms with van der Waals surface area (Å²) < 4.78 is 13.6. The fourth-order valence-electron chi connectivity index (χ4n) is 4.18. The largest absolute Gasteiger partial charge is 0.508 e. The fraction of sp³-hybridized carbons (Fsp3) is 0.292. The number of aromatic nitrogens is 1. The minimum atomic E-state index is -0.435.